The SMILES string of the molecule is Cc1ccsc1CN(C)C(=O)c1cc(CN(C)Cc2ccccc2)on1. The molecule has 0 fully saturated rings. The number of hydrogen-bond donors (Lipinski definition) is 0. The second-order valence-corrected chi connectivity index (χ2v) is 7.53. The fraction of sp³-hybridized carbons (Fsp3) is 0.300. The van der Waals surface area contributed by atoms with Gasteiger partial charge in [-0.2, -0.15) is 0 Å². The van der Waals surface area contributed by atoms with Crippen LogP contribution in [0.1, 0.15) is 32.3 Å². The molecule has 0 bridgehead atoms. The standard InChI is InChI=1S/C20H23N3O2S/c1-15-9-10-26-19(15)14-23(3)20(24)18-11-17(25-21-18)13-22(2)12-16-7-5-4-6-8-16/h4-11H,12-14H2,1-3H3. The minimum absolute atomic E-state index is 0.126. The first-order chi connectivity index (χ1) is 12.5. The maximum atomic E-state index is 12.6. The van der Waals surface area contributed by atoms with E-state index in [4.69, 9.17) is 4.52 Å². The molecule has 1 amide bonds. The van der Waals surface area contributed by atoms with Gasteiger partial charge in [-0.05, 0) is 36.5 Å². The molecule has 0 radical (unpaired) electrons. The third kappa shape index (κ3) is 4.59. The molecule has 3 aromatic rings. The zero-order valence-electron chi connectivity index (χ0n) is 15.3. The maximum absolute atomic E-state index is 12.6. The van der Waals surface area contributed by atoms with E-state index in [1.165, 1.54) is 16.0 Å². The second-order valence-electron chi connectivity index (χ2n) is 6.52. The Labute approximate surface area is 157 Å². The van der Waals surface area contributed by atoms with Gasteiger partial charge in [-0.3, -0.25) is 9.69 Å². The Bertz CT molecular complexity index is 857. The van der Waals surface area contributed by atoms with Crippen molar-refractivity contribution in [3.63, 3.8) is 0 Å². The van der Waals surface area contributed by atoms with Crippen LogP contribution in [0.4, 0.5) is 0 Å². The number of carbonyl (C=O) groups is 1. The first kappa shape index (κ1) is 18.4. The van der Waals surface area contributed by atoms with Gasteiger partial charge in [0.05, 0.1) is 13.1 Å². The molecule has 0 saturated heterocycles. The molecule has 0 N–H and O–H groups in total. The Hall–Kier alpha value is -2.44. The van der Waals surface area contributed by atoms with Crippen molar-refractivity contribution < 1.29 is 9.32 Å². The molecule has 5 nitrogen and oxygen atoms in total. The Morgan fingerprint density at radius 3 is 2.58 bits per heavy atom. The topological polar surface area (TPSA) is 49.6 Å². The maximum Gasteiger partial charge on any atom is 0.276 e. The minimum atomic E-state index is -0.126. The first-order valence-corrected chi connectivity index (χ1v) is 9.37. The van der Waals surface area contributed by atoms with E-state index in [1.807, 2.05) is 30.6 Å². The molecule has 2 aromatic heterocycles. The van der Waals surface area contributed by atoms with Crippen molar-refractivity contribution in [2.45, 2.75) is 26.6 Å². The zero-order chi connectivity index (χ0) is 18.5. The average Bonchev–Trinajstić information content (AvgIpc) is 3.24. The van der Waals surface area contributed by atoms with Gasteiger partial charge in [-0.25, -0.2) is 0 Å². The molecule has 0 spiro atoms. The molecule has 2 heterocycles. The largest absolute Gasteiger partial charge is 0.359 e. The van der Waals surface area contributed by atoms with E-state index >= 15 is 0 Å². The van der Waals surface area contributed by atoms with Crippen LogP contribution in [0.3, 0.4) is 0 Å². The molecule has 136 valence electrons. The molecule has 0 saturated carbocycles. The molecular weight excluding hydrogens is 346 g/mol. The summed E-state index contributed by atoms with van der Waals surface area (Å²) < 4.78 is 5.37. The molecule has 0 aliphatic rings. The summed E-state index contributed by atoms with van der Waals surface area (Å²) in [4.78, 5) is 17.6. The van der Waals surface area contributed by atoms with Crippen LogP contribution in [0.25, 0.3) is 0 Å². The van der Waals surface area contributed by atoms with Gasteiger partial charge < -0.3 is 9.42 Å². The van der Waals surface area contributed by atoms with Gasteiger partial charge >= 0.3 is 0 Å². The normalized spacial score (nSPS) is 11.1. The summed E-state index contributed by atoms with van der Waals surface area (Å²) in [7, 11) is 3.81. The van der Waals surface area contributed by atoms with E-state index < -0.39 is 0 Å². The van der Waals surface area contributed by atoms with Crippen LogP contribution in [0.15, 0.2) is 52.4 Å². The number of carbonyl (C=O) groups excluding carboxylic acids is 1. The highest BCUT2D eigenvalue weighted by atomic mass is 32.1. The number of aryl methyl sites for hydroxylation is 1. The number of benzene rings is 1. The highest BCUT2D eigenvalue weighted by molar-refractivity contribution is 7.10. The smallest absolute Gasteiger partial charge is 0.276 e. The van der Waals surface area contributed by atoms with Crippen LogP contribution in [0.2, 0.25) is 0 Å². The van der Waals surface area contributed by atoms with Crippen molar-refractivity contribution in [1.29, 1.82) is 0 Å². The van der Waals surface area contributed by atoms with Crippen LogP contribution >= 0.6 is 11.3 Å². The van der Waals surface area contributed by atoms with Gasteiger partial charge in [0.25, 0.3) is 5.91 Å². The van der Waals surface area contributed by atoms with Crippen molar-refractivity contribution in [2.24, 2.45) is 0 Å². The zero-order valence-corrected chi connectivity index (χ0v) is 16.1. The Morgan fingerprint density at radius 1 is 1.12 bits per heavy atom. The van der Waals surface area contributed by atoms with E-state index in [0.717, 1.165) is 6.54 Å². The van der Waals surface area contributed by atoms with Crippen LogP contribution < -0.4 is 0 Å². The van der Waals surface area contributed by atoms with Crippen molar-refractivity contribution in [1.82, 2.24) is 15.0 Å². The van der Waals surface area contributed by atoms with E-state index in [2.05, 4.69) is 35.2 Å². The van der Waals surface area contributed by atoms with Crippen LogP contribution in [-0.4, -0.2) is 35.0 Å². The van der Waals surface area contributed by atoms with Gasteiger partial charge in [-0.1, -0.05) is 35.5 Å². The van der Waals surface area contributed by atoms with Crippen LogP contribution in [-0.2, 0) is 19.6 Å². The number of amides is 1. The molecule has 1 aromatic carbocycles. The van der Waals surface area contributed by atoms with E-state index in [-0.39, 0.29) is 5.91 Å². The lowest BCUT2D eigenvalue weighted by Crippen LogP contribution is -2.26. The van der Waals surface area contributed by atoms with Crippen LogP contribution in [0, 0.1) is 6.92 Å². The van der Waals surface area contributed by atoms with Gasteiger partial charge in [0, 0.05) is 24.5 Å². The molecule has 0 unspecified atom stereocenters. The van der Waals surface area contributed by atoms with E-state index in [0.29, 0.717) is 24.5 Å². The van der Waals surface area contributed by atoms with Crippen molar-refractivity contribution in [3.05, 3.63) is 75.3 Å². The molecule has 26 heavy (non-hydrogen) atoms. The molecule has 6 heteroatoms. The summed E-state index contributed by atoms with van der Waals surface area (Å²) >= 11 is 1.66. The Balaban J connectivity index is 1.58. The summed E-state index contributed by atoms with van der Waals surface area (Å²) in [6.45, 7) is 4.05. The molecule has 3 rings (SSSR count). The fourth-order valence-corrected chi connectivity index (χ4v) is 3.71. The van der Waals surface area contributed by atoms with E-state index in [1.54, 1.807) is 29.4 Å². The quantitative estimate of drug-likeness (QED) is 0.633. The highest BCUT2D eigenvalue weighted by Gasteiger charge is 2.18. The van der Waals surface area contributed by atoms with Crippen molar-refractivity contribution in [3.8, 4) is 0 Å². The van der Waals surface area contributed by atoms with E-state index in [9.17, 15) is 4.79 Å². The van der Waals surface area contributed by atoms with Gasteiger partial charge in [0.1, 0.15) is 0 Å². The highest BCUT2D eigenvalue weighted by Crippen LogP contribution is 2.18. The fourth-order valence-electron chi connectivity index (χ4n) is 2.75. The average molecular weight is 369 g/mol. The van der Waals surface area contributed by atoms with Gasteiger partial charge in [-0.15, -0.1) is 11.3 Å². The predicted octanol–water partition coefficient (Wildman–Crippen LogP) is 3.95. The lowest BCUT2D eigenvalue weighted by molar-refractivity contribution is 0.0776. The van der Waals surface area contributed by atoms with Crippen molar-refractivity contribution >= 4 is 17.2 Å². The molecule has 0 aliphatic carbocycles. The van der Waals surface area contributed by atoms with Gasteiger partial charge in [0.15, 0.2) is 11.5 Å². The summed E-state index contributed by atoms with van der Waals surface area (Å²) in [5.74, 6) is 0.561. The second kappa shape index (κ2) is 8.29. The summed E-state index contributed by atoms with van der Waals surface area (Å²) in [5, 5.41) is 6.00. The third-order valence-corrected chi connectivity index (χ3v) is 5.20. The monoisotopic (exact) mass is 369 g/mol. The van der Waals surface area contributed by atoms with Crippen molar-refractivity contribution in [2.75, 3.05) is 14.1 Å². The first-order valence-electron chi connectivity index (χ1n) is 8.49. The van der Waals surface area contributed by atoms with Gasteiger partial charge in [0.2, 0.25) is 0 Å². The van der Waals surface area contributed by atoms with Crippen LogP contribution in [0.5, 0.6) is 0 Å². The lowest BCUT2D eigenvalue weighted by Gasteiger charge is -2.15. The number of aromatic nitrogens is 1. The minimum Gasteiger partial charge on any atom is -0.359 e. The number of nitrogens with zero attached hydrogens (tertiary/aromatic N) is 3. The summed E-state index contributed by atoms with van der Waals surface area (Å²) in [5.41, 5.74) is 2.79. The summed E-state index contributed by atoms with van der Waals surface area (Å²) in [6.07, 6.45) is 0. The lowest BCUT2D eigenvalue weighted by atomic mass is 10.2. The predicted molar refractivity (Wildman–Crippen MR) is 103 cm³/mol. The molecule has 0 aliphatic heterocycles. The molecule has 0 atom stereocenters. The number of hydrogen-bond acceptors (Lipinski definition) is 5. The Morgan fingerprint density at radius 2 is 1.88 bits per heavy atom. The molecular formula is C20H23N3O2S. The number of rotatable bonds is 7. The third-order valence-electron chi connectivity index (χ3n) is 4.19. The number of thiophene rings is 1. The summed E-state index contributed by atoms with van der Waals surface area (Å²) in [6, 6.07) is 14.0. The Kier molecular flexibility index (Phi) is 5.85.